The Morgan fingerprint density at radius 2 is 1.89 bits per heavy atom. The molecule has 1 heterocycles. The van der Waals surface area contributed by atoms with E-state index in [-0.39, 0.29) is 0 Å². The lowest BCUT2D eigenvalue weighted by molar-refractivity contribution is -0.0187. The van der Waals surface area contributed by atoms with Crippen LogP contribution >= 0.6 is 0 Å². The van der Waals surface area contributed by atoms with E-state index < -0.39 is 0 Å². The van der Waals surface area contributed by atoms with E-state index in [2.05, 4.69) is 24.1 Å². The van der Waals surface area contributed by atoms with Crippen LogP contribution in [-0.2, 0) is 4.74 Å². The fourth-order valence-electron chi connectivity index (χ4n) is 3.45. The van der Waals surface area contributed by atoms with Crippen LogP contribution in [0.5, 0.6) is 0 Å². The van der Waals surface area contributed by atoms with E-state index in [9.17, 15) is 0 Å². The number of ether oxygens (including phenoxy) is 1. The average Bonchev–Trinajstić information content (AvgIpc) is 3.24. The number of hydrogen-bond acceptors (Lipinski definition) is 3. The SMILES string of the molecule is CC(CNC(C1CC1)C1CC1)N1CCOCC1C. The third-order valence-electron chi connectivity index (χ3n) is 4.89. The molecule has 3 fully saturated rings. The third-order valence-corrected chi connectivity index (χ3v) is 4.89. The Kier molecular flexibility index (Phi) is 3.92. The van der Waals surface area contributed by atoms with Gasteiger partial charge in [0.25, 0.3) is 0 Å². The summed E-state index contributed by atoms with van der Waals surface area (Å²) in [6, 6.07) is 2.06. The van der Waals surface area contributed by atoms with E-state index in [1.54, 1.807) is 0 Å². The second kappa shape index (κ2) is 5.48. The summed E-state index contributed by atoms with van der Waals surface area (Å²) in [5, 5.41) is 3.88. The normalized spacial score (nSPS) is 31.8. The van der Waals surface area contributed by atoms with Gasteiger partial charge >= 0.3 is 0 Å². The van der Waals surface area contributed by atoms with Crippen molar-refractivity contribution in [3.05, 3.63) is 0 Å². The minimum atomic E-state index is 0.579. The summed E-state index contributed by atoms with van der Waals surface area (Å²) < 4.78 is 5.52. The molecule has 0 aromatic carbocycles. The standard InChI is InChI=1S/C15H28N2O/c1-11(17-7-8-18-10-12(17)2)9-16-15(13-3-4-13)14-5-6-14/h11-16H,3-10H2,1-2H3. The Labute approximate surface area is 111 Å². The maximum Gasteiger partial charge on any atom is 0.0619 e. The van der Waals surface area contributed by atoms with E-state index in [0.717, 1.165) is 44.2 Å². The molecule has 2 aliphatic carbocycles. The summed E-state index contributed by atoms with van der Waals surface area (Å²) in [6.45, 7) is 8.71. The monoisotopic (exact) mass is 252 g/mol. The zero-order valence-corrected chi connectivity index (χ0v) is 11.9. The summed E-state index contributed by atoms with van der Waals surface area (Å²) in [6.07, 6.45) is 5.88. The fourth-order valence-corrected chi connectivity index (χ4v) is 3.45. The molecule has 1 aliphatic heterocycles. The highest BCUT2D eigenvalue weighted by Gasteiger charge is 2.41. The molecule has 3 rings (SSSR count). The van der Waals surface area contributed by atoms with Crippen LogP contribution in [-0.4, -0.2) is 49.3 Å². The molecular formula is C15H28N2O. The molecule has 18 heavy (non-hydrogen) atoms. The number of rotatable bonds is 6. The molecular weight excluding hydrogens is 224 g/mol. The van der Waals surface area contributed by atoms with E-state index in [1.165, 1.54) is 25.7 Å². The summed E-state index contributed by atoms with van der Waals surface area (Å²) >= 11 is 0. The van der Waals surface area contributed by atoms with E-state index in [4.69, 9.17) is 4.74 Å². The molecule has 2 atom stereocenters. The van der Waals surface area contributed by atoms with Gasteiger partial charge in [-0.1, -0.05) is 0 Å². The first-order valence-corrected chi connectivity index (χ1v) is 7.82. The molecule has 104 valence electrons. The van der Waals surface area contributed by atoms with Crippen LogP contribution in [0.15, 0.2) is 0 Å². The topological polar surface area (TPSA) is 24.5 Å². The molecule has 0 aromatic heterocycles. The molecule has 1 saturated heterocycles. The van der Waals surface area contributed by atoms with Crippen molar-refractivity contribution in [3.63, 3.8) is 0 Å². The number of hydrogen-bond donors (Lipinski definition) is 1. The minimum absolute atomic E-state index is 0.579. The quantitative estimate of drug-likeness (QED) is 0.781. The highest BCUT2D eigenvalue weighted by molar-refractivity contribution is 4.96. The van der Waals surface area contributed by atoms with Gasteiger partial charge in [0.15, 0.2) is 0 Å². The lowest BCUT2D eigenvalue weighted by atomic mass is 10.1. The maximum absolute atomic E-state index is 5.52. The molecule has 0 bridgehead atoms. The first-order valence-electron chi connectivity index (χ1n) is 7.82. The molecule has 2 saturated carbocycles. The van der Waals surface area contributed by atoms with Gasteiger partial charge in [-0.25, -0.2) is 0 Å². The molecule has 2 unspecified atom stereocenters. The van der Waals surface area contributed by atoms with Gasteiger partial charge in [0, 0.05) is 31.2 Å². The molecule has 3 aliphatic rings. The van der Waals surface area contributed by atoms with Gasteiger partial charge in [-0.2, -0.15) is 0 Å². The fraction of sp³-hybridized carbons (Fsp3) is 1.00. The summed E-state index contributed by atoms with van der Waals surface area (Å²) in [7, 11) is 0. The van der Waals surface area contributed by atoms with Crippen molar-refractivity contribution in [2.45, 2.75) is 57.7 Å². The largest absolute Gasteiger partial charge is 0.379 e. The molecule has 1 N–H and O–H groups in total. The second-order valence-electron chi connectivity index (χ2n) is 6.62. The van der Waals surface area contributed by atoms with Gasteiger partial charge in [-0.3, -0.25) is 4.90 Å². The predicted octanol–water partition coefficient (Wildman–Crippen LogP) is 1.87. The number of nitrogens with one attached hydrogen (secondary N) is 1. The second-order valence-corrected chi connectivity index (χ2v) is 6.62. The smallest absolute Gasteiger partial charge is 0.0619 e. The predicted molar refractivity (Wildman–Crippen MR) is 73.7 cm³/mol. The van der Waals surface area contributed by atoms with Crippen molar-refractivity contribution in [3.8, 4) is 0 Å². The highest BCUT2D eigenvalue weighted by Crippen LogP contribution is 2.44. The summed E-state index contributed by atoms with van der Waals surface area (Å²) in [4.78, 5) is 2.60. The van der Waals surface area contributed by atoms with Crippen LogP contribution in [0.4, 0.5) is 0 Å². The zero-order valence-electron chi connectivity index (χ0n) is 11.9. The van der Waals surface area contributed by atoms with Crippen LogP contribution in [0, 0.1) is 11.8 Å². The van der Waals surface area contributed by atoms with Crippen molar-refractivity contribution in [2.24, 2.45) is 11.8 Å². The lowest BCUT2D eigenvalue weighted by Crippen LogP contribution is -2.52. The van der Waals surface area contributed by atoms with Crippen molar-refractivity contribution in [1.82, 2.24) is 10.2 Å². The van der Waals surface area contributed by atoms with Gasteiger partial charge < -0.3 is 10.1 Å². The van der Waals surface area contributed by atoms with Gasteiger partial charge in [0.2, 0.25) is 0 Å². The minimum Gasteiger partial charge on any atom is -0.379 e. The van der Waals surface area contributed by atoms with E-state index in [1.807, 2.05) is 0 Å². The Morgan fingerprint density at radius 1 is 1.22 bits per heavy atom. The Morgan fingerprint density at radius 3 is 2.44 bits per heavy atom. The zero-order chi connectivity index (χ0) is 12.5. The summed E-state index contributed by atoms with van der Waals surface area (Å²) in [5.41, 5.74) is 0. The number of morpholine rings is 1. The maximum atomic E-state index is 5.52. The molecule has 0 amide bonds. The van der Waals surface area contributed by atoms with Crippen LogP contribution in [0.25, 0.3) is 0 Å². The Bertz CT molecular complexity index is 264. The van der Waals surface area contributed by atoms with Crippen LogP contribution in [0.3, 0.4) is 0 Å². The van der Waals surface area contributed by atoms with Gasteiger partial charge in [0.05, 0.1) is 13.2 Å². The summed E-state index contributed by atoms with van der Waals surface area (Å²) in [5.74, 6) is 2.01. The molecule has 0 aromatic rings. The van der Waals surface area contributed by atoms with E-state index in [0.29, 0.717) is 12.1 Å². The van der Waals surface area contributed by atoms with Gasteiger partial charge in [-0.05, 0) is 51.4 Å². The lowest BCUT2D eigenvalue weighted by Gasteiger charge is -2.38. The molecule has 3 heteroatoms. The van der Waals surface area contributed by atoms with Crippen molar-refractivity contribution < 1.29 is 4.74 Å². The number of nitrogens with zero attached hydrogens (tertiary/aromatic N) is 1. The van der Waals surface area contributed by atoms with Crippen molar-refractivity contribution in [1.29, 1.82) is 0 Å². The van der Waals surface area contributed by atoms with E-state index >= 15 is 0 Å². The van der Waals surface area contributed by atoms with Gasteiger partial charge in [0.1, 0.15) is 0 Å². The highest BCUT2D eigenvalue weighted by atomic mass is 16.5. The first-order chi connectivity index (χ1) is 8.75. The first kappa shape index (κ1) is 12.9. The van der Waals surface area contributed by atoms with Crippen LogP contribution < -0.4 is 5.32 Å². The Hall–Kier alpha value is -0.120. The molecule has 0 spiro atoms. The molecule has 3 nitrogen and oxygen atoms in total. The van der Waals surface area contributed by atoms with Crippen LogP contribution in [0.1, 0.15) is 39.5 Å². The third kappa shape index (κ3) is 3.06. The van der Waals surface area contributed by atoms with Crippen molar-refractivity contribution >= 4 is 0 Å². The van der Waals surface area contributed by atoms with Crippen LogP contribution in [0.2, 0.25) is 0 Å². The average molecular weight is 252 g/mol. The Balaban J connectivity index is 1.46. The molecule has 0 radical (unpaired) electrons. The van der Waals surface area contributed by atoms with Crippen molar-refractivity contribution in [2.75, 3.05) is 26.3 Å². The van der Waals surface area contributed by atoms with Gasteiger partial charge in [-0.15, -0.1) is 0 Å².